The van der Waals surface area contributed by atoms with Crippen LogP contribution < -0.4 is 14.2 Å². The van der Waals surface area contributed by atoms with E-state index in [1.807, 2.05) is 35.4 Å². The van der Waals surface area contributed by atoms with Crippen LogP contribution in [0, 0.1) is 0 Å². The maximum Gasteiger partial charge on any atom is 0.203 e. The molecule has 7 heteroatoms. The van der Waals surface area contributed by atoms with Crippen molar-refractivity contribution in [3.63, 3.8) is 0 Å². The Kier molecular flexibility index (Phi) is 5.46. The van der Waals surface area contributed by atoms with Gasteiger partial charge in [0.25, 0.3) is 0 Å². The number of pyridine rings is 1. The van der Waals surface area contributed by atoms with Gasteiger partial charge in [-0.2, -0.15) is 5.10 Å². The minimum absolute atomic E-state index is 0.570. The summed E-state index contributed by atoms with van der Waals surface area (Å²) in [6.45, 7) is 0. The smallest absolute Gasteiger partial charge is 0.203 e. The fraction of sp³-hybridized carbons (Fsp3) is 0.318. The molecule has 0 N–H and O–H groups in total. The van der Waals surface area contributed by atoms with E-state index in [9.17, 15) is 0 Å². The minimum Gasteiger partial charge on any atom is -0.493 e. The summed E-state index contributed by atoms with van der Waals surface area (Å²) in [5.41, 5.74) is 4.27. The number of ether oxygens (including phenoxy) is 3. The van der Waals surface area contributed by atoms with Crippen molar-refractivity contribution < 1.29 is 14.2 Å². The number of rotatable bonds is 8. The molecule has 0 fully saturated rings. The SMILES string of the molecule is COc1cc(-c2cnc3n2N=C(CCCc2ccncc2)C3)cc(OC)c1OC. The van der Waals surface area contributed by atoms with E-state index < -0.39 is 0 Å². The Morgan fingerprint density at radius 1 is 0.966 bits per heavy atom. The molecule has 0 amide bonds. The van der Waals surface area contributed by atoms with Gasteiger partial charge in [0.2, 0.25) is 5.75 Å². The zero-order valence-corrected chi connectivity index (χ0v) is 16.9. The lowest BCUT2D eigenvalue weighted by Crippen LogP contribution is -1.99. The zero-order chi connectivity index (χ0) is 20.2. The predicted molar refractivity (Wildman–Crippen MR) is 111 cm³/mol. The van der Waals surface area contributed by atoms with Crippen molar-refractivity contribution in [2.75, 3.05) is 21.3 Å². The molecule has 0 aliphatic carbocycles. The summed E-state index contributed by atoms with van der Waals surface area (Å²) in [7, 11) is 4.82. The molecular weight excluding hydrogens is 368 g/mol. The normalized spacial score (nSPS) is 12.4. The average molecular weight is 392 g/mol. The Labute approximate surface area is 170 Å². The van der Waals surface area contributed by atoms with Crippen molar-refractivity contribution in [2.45, 2.75) is 25.7 Å². The third kappa shape index (κ3) is 3.81. The first-order valence-corrected chi connectivity index (χ1v) is 9.56. The van der Waals surface area contributed by atoms with Crippen molar-refractivity contribution >= 4 is 5.71 Å². The molecule has 3 aromatic rings. The number of hydrogen-bond donors (Lipinski definition) is 0. The monoisotopic (exact) mass is 392 g/mol. The van der Waals surface area contributed by atoms with Crippen LogP contribution in [0.15, 0.2) is 48.0 Å². The van der Waals surface area contributed by atoms with Crippen LogP contribution in [0.2, 0.25) is 0 Å². The van der Waals surface area contributed by atoms with Gasteiger partial charge in [-0.1, -0.05) is 0 Å². The molecule has 0 radical (unpaired) electrons. The molecule has 29 heavy (non-hydrogen) atoms. The second kappa shape index (κ2) is 8.34. The molecule has 150 valence electrons. The van der Waals surface area contributed by atoms with Crippen molar-refractivity contribution in [3.05, 3.63) is 54.2 Å². The van der Waals surface area contributed by atoms with E-state index >= 15 is 0 Å². The highest BCUT2D eigenvalue weighted by Crippen LogP contribution is 2.41. The highest BCUT2D eigenvalue weighted by atomic mass is 16.5. The Hall–Kier alpha value is -3.35. The van der Waals surface area contributed by atoms with Crippen LogP contribution in [0.4, 0.5) is 0 Å². The molecule has 0 spiro atoms. The number of nitrogens with zero attached hydrogens (tertiary/aromatic N) is 4. The van der Waals surface area contributed by atoms with Crippen molar-refractivity contribution in [1.82, 2.24) is 14.6 Å². The van der Waals surface area contributed by atoms with Crippen molar-refractivity contribution in [3.8, 4) is 28.5 Å². The summed E-state index contributed by atoms with van der Waals surface area (Å²) in [6, 6.07) is 7.96. The molecule has 1 aliphatic heterocycles. The number of fused-ring (bicyclic) bond motifs is 1. The first-order chi connectivity index (χ1) is 14.2. The summed E-state index contributed by atoms with van der Waals surface area (Å²) in [5.74, 6) is 2.74. The van der Waals surface area contributed by atoms with Crippen LogP contribution in [-0.2, 0) is 12.8 Å². The highest BCUT2D eigenvalue weighted by molar-refractivity contribution is 5.88. The Morgan fingerprint density at radius 3 is 2.34 bits per heavy atom. The number of hydrogen-bond acceptors (Lipinski definition) is 6. The molecule has 1 aliphatic rings. The molecule has 0 unspecified atom stereocenters. The maximum absolute atomic E-state index is 5.48. The molecule has 0 bridgehead atoms. The molecule has 7 nitrogen and oxygen atoms in total. The summed E-state index contributed by atoms with van der Waals surface area (Å²) in [6.07, 6.45) is 9.30. The second-order valence-corrected chi connectivity index (χ2v) is 6.84. The first-order valence-electron chi connectivity index (χ1n) is 9.56. The predicted octanol–water partition coefficient (Wildman–Crippen LogP) is 3.75. The molecule has 3 heterocycles. The Bertz CT molecular complexity index is 1000. The summed E-state index contributed by atoms with van der Waals surface area (Å²) in [5, 5.41) is 4.82. The van der Waals surface area contributed by atoms with Gasteiger partial charge in [0, 0.05) is 30.1 Å². The van der Waals surface area contributed by atoms with Gasteiger partial charge in [-0.05, 0) is 49.1 Å². The van der Waals surface area contributed by atoms with Crippen LogP contribution in [0.25, 0.3) is 11.3 Å². The maximum atomic E-state index is 5.48. The van der Waals surface area contributed by atoms with Gasteiger partial charge in [-0.25, -0.2) is 9.66 Å². The minimum atomic E-state index is 0.570. The Morgan fingerprint density at radius 2 is 1.69 bits per heavy atom. The largest absolute Gasteiger partial charge is 0.493 e. The van der Waals surface area contributed by atoms with Crippen molar-refractivity contribution in [2.24, 2.45) is 5.10 Å². The van der Waals surface area contributed by atoms with E-state index in [0.29, 0.717) is 17.2 Å². The van der Waals surface area contributed by atoms with Crippen LogP contribution in [-0.4, -0.2) is 41.7 Å². The third-order valence-electron chi connectivity index (χ3n) is 5.05. The summed E-state index contributed by atoms with van der Waals surface area (Å²) < 4.78 is 18.3. The lowest BCUT2D eigenvalue weighted by Gasteiger charge is -2.14. The van der Waals surface area contributed by atoms with E-state index in [0.717, 1.165) is 48.5 Å². The van der Waals surface area contributed by atoms with Crippen LogP contribution in [0.5, 0.6) is 17.2 Å². The van der Waals surface area contributed by atoms with E-state index in [1.165, 1.54) is 5.56 Å². The topological polar surface area (TPSA) is 70.8 Å². The third-order valence-corrected chi connectivity index (χ3v) is 5.05. The zero-order valence-electron chi connectivity index (χ0n) is 16.9. The average Bonchev–Trinajstić information content (AvgIpc) is 3.33. The standard InChI is InChI=1S/C22H24N4O3/c1-27-19-11-16(12-20(28-2)22(19)29-3)18-14-24-21-13-17(25-26(18)21)6-4-5-15-7-9-23-10-8-15/h7-12,14H,4-6,13H2,1-3H3. The number of methoxy groups -OCH3 is 3. The van der Waals surface area contributed by atoms with E-state index in [1.54, 1.807) is 21.3 Å². The fourth-order valence-corrected chi connectivity index (χ4v) is 3.59. The number of aryl methyl sites for hydroxylation is 1. The number of benzene rings is 1. The van der Waals surface area contributed by atoms with Gasteiger partial charge in [0.15, 0.2) is 11.5 Å². The first kappa shape index (κ1) is 19.0. The molecule has 0 saturated heterocycles. The molecule has 2 aromatic heterocycles. The van der Waals surface area contributed by atoms with Crippen LogP contribution in [0.3, 0.4) is 0 Å². The van der Waals surface area contributed by atoms with Gasteiger partial charge in [-0.15, -0.1) is 0 Å². The van der Waals surface area contributed by atoms with Gasteiger partial charge in [0.1, 0.15) is 5.82 Å². The van der Waals surface area contributed by atoms with Gasteiger partial charge < -0.3 is 14.2 Å². The number of imidazole rings is 1. The number of aromatic nitrogens is 3. The van der Waals surface area contributed by atoms with Crippen molar-refractivity contribution in [1.29, 1.82) is 0 Å². The van der Waals surface area contributed by atoms with E-state index in [2.05, 4.69) is 22.1 Å². The molecule has 0 saturated carbocycles. The second-order valence-electron chi connectivity index (χ2n) is 6.84. The molecule has 4 rings (SSSR count). The van der Waals surface area contributed by atoms with Gasteiger partial charge in [-0.3, -0.25) is 4.98 Å². The summed E-state index contributed by atoms with van der Waals surface area (Å²) >= 11 is 0. The fourth-order valence-electron chi connectivity index (χ4n) is 3.59. The van der Waals surface area contributed by atoms with Crippen LogP contribution >= 0.6 is 0 Å². The molecule has 1 aromatic carbocycles. The van der Waals surface area contributed by atoms with Crippen LogP contribution in [0.1, 0.15) is 24.2 Å². The summed E-state index contributed by atoms with van der Waals surface area (Å²) in [4.78, 5) is 8.63. The lowest BCUT2D eigenvalue weighted by molar-refractivity contribution is 0.324. The Balaban J connectivity index is 1.54. The quantitative estimate of drug-likeness (QED) is 0.584. The van der Waals surface area contributed by atoms with Gasteiger partial charge in [0.05, 0.1) is 33.2 Å². The van der Waals surface area contributed by atoms with E-state index in [4.69, 9.17) is 19.3 Å². The van der Waals surface area contributed by atoms with E-state index in [-0.39, 0.29) is 0 Å². The highest BCUT2D eigenvalue weighted by Gasteiger charge is 2.22. The lowest BCUT2D eigenvalue weighted by atomic mass is 10.1. The molecular formula is C22H24N4O3. The van der Waals surface area contributed by atoms with Gasteiger partial charge >= 0.3 is 0 Å². The molecule has 0 atom stereocenters.